The van der Waals surface area contributed by atoms with Gasteiger partial charge in [0.1, 0.15) is 10.9 Å². The summed E-state index contributed by atoms with van der Waals surface area (Å²) in [5, 5.41) is 22.8. The first-order valence-electron chi connectivity index (χ1n) is 11.3. The van der Waals surface area contributed by atoms with Gasteiger partial charge in [0.15, 0.2) is 5.58 Å². The molecule has 1 fully saturated rings. The lowest BCUT2D eigenvalue weighted by molar-refractivity contribution is -0.385. The number of nitro benzene ring substituents is 2. The van der Waals surface area contributed by atoms with Crippen molar-refractivity contribution in [2.24, 2.45) is 0 Å². The molecule has 0 bridgehead atoms. The molecule has 196 valence electrons. The van der Waals surface area contributed by atoms with Gasteiger partial charge in [0.05, 0.1) is 20.5 Å². The molecule has 0 spiro atoms. The summed E-state index contributed by atoms with van der Waals surface area (Å²) < 4.78 is 5.62. The van der Waals surface area contributed by atoms with Crippen molar-refractivity contribution in [3.05, 3.63) is 109 Å². The summed E-state index contributed by atoms with van der Waals surface area (Å²) in [5.74, 6) is -1.07. The minimum Gasteiger partial charge on any atom is -0.431 e. The van der Waals surface area contributed by atoms with E-state index < -0.39 is 27.0 Å². The highest BCUT2D eigenvalue weighted by Crippen LogP contribution is 2.45. The van der Waals surface area contributed by atoms with Gasteiger partial charge in [-0.3, -0.25) is 35.2 Å². The van der Waals surface area contributed by atoms with Crippen molar-refractivity contribution < 1.29 is 23.9 Å². The number of hydrogen-bond donors (Lipinski definition) is 1. The van der Waals surface area contributed by atoms with E-state index in [0.717, 1.165) is 28.5 Å². The van der Waals surface area contributed by atoms with E-state index in [1.54, 1.807) is 18.2 Å². The number of nitrogens with zero attached hydrogens (tertiary/aromatic N) is 4. The highest BCUT2D eigenvalue weighted by atomic mass is 32.2. The zero-order valence-corrected chi connectivity index (χ0v) is 21.4. The third-order valence-corrected chi connectivity index (χ3v) is 7.62. The Bertz CT molecular complexity index is 1590. The Balaban J connectivity index is 1.36. The maximum atomic E-state index is 13.3. The Kier molecular flexibility index (Phi) is 7.29. The number of fused-ring (bicyclic) bond motifs is 1. The van der Waals surface area contributed by atoms with Crippen LogP contribution >= 0.6 is 23.5 Å². The standard InChI is InChI=1S/C25H17N5O7S2/c31-22(14-38-25-26-19-3-1-2-4-20(19)37-25)27-28-23(32)21(13-15-5-9-17(10-6-15)29(33)34)39-24(28)16-7-11-18(12-8-16)30(35)36/h1-13,24H,14H2,(H,27,31)/b21-13-. The fourth-order valence-corrected chi connectivity index (χ4v) is 5.50. The summed E-state index contributed by atoms with van der Waals surface area (Å²) in [6.07, 6.45) is 1.56. The fourth-order valence-electron chi connectivity index (χ4n) is 3.68. The van der Waals surface area contributed by atoms with Gasteiger partial charge >= 0.3 is 0 Å². The highest BCUT2D eigenvalue weighted by molar-refractivity contribution is 8.04. The van der Waals surface area contributed by atoms with E-state index in [1.807, 2.05) is 12.1 Å². The van der Waals surface area contributed by atoms with E-state index in [2.05, 4.69) is 10.4 Å². The van der Waals surface area contributed by atoms with E-state index in [4.69, 9.17) is 4.42 Å². The molecule has 2 heterocycles. The van der Waals surface area contributed by atoms with Crippen molar-refractivity contribution in [1.29, 1.82) is 0 Å². The van der Waals surface area contributed by atoms with Gasteiger partial charge in [-0.2, -0.15) is 0 Å². The SMILES string of the molecule is O=C(CSc1nc2ccccc2o1)NN1C(=O)/C(=C/c2ccc([N+](=O)[O-])cc2)SC1c1ccc([N+](=O)[O-])cc1. The average molecular weight is 564 g/mol. The number of benzene rings is 3. The Morgan fingerprint density at radius 1 is 1.03 bits per heavy atom. The number of hydrogen-bond acceptors (Lipinski definition) is 10. The molecule has 5 rings (SSSR count). The van der Waals surface area contributed by atoms with Gasteiger partial charge in [0.25, 0.3) is 22.5 Å². The maximum Gasteiger partial charge on any atom is 0.280 e. The predicted octanol–water partition coefficient (Wildman–Crippen LogP) is 5.08. The topological polar surface area (TPSA) is 162 Å². The molecule has 1 unspecified atom stereocenters. The number of amides is 2. The second-order valence-electron chi connectivity index (χ2n) is 8.12. The summed E-state index contributed by atoms with van der Waals surface area (Å²) in [5.41, 5.74) is 4.79. The van der Waals surface area contributed by atoms with Gasteiger partial charge in [0.2, 0.25) is 5.91 Å². The van der Waals surface area contributed by atoms with Crippen molar-refractivity contribution >= 4 is 63.9 Å². The number of nitro groups is 2. The molecule has 3 aromatic carbocycles. The van der Waals surface area contributed by atoms with E-state index >= 15 is 0 Å². The molecule has 4 aromatic rings. The molecule has 12 nitrogen and oxygen atoms in total. The maximum absolute atomic E-state index is 13.3. The molecular formula is C25H17N5O7S2. The first-order valence-corrected chi connectivity index (χ1v) is 13.1. The number of carbonyl (C=O) groups is 2. The number of nitrogens with one attached hydrogen (secondary N) is 1. The molecule has 1 atom stereocenters. The molecule has 0 aliphatic carbocycles. The number of oxazole rings is 1. The average Bonchev–Trinajstić information content (AvgIpc) is 3.48. The molecule has 0 radical (unpaired) electrons. The highest BCUT2D eigenvalue weighted by Gasteiger charge is 2.38. The summed E-state index contributed by atoms with van der Waals surface area (Å²) in [6, 6.07) is 18.5. The smallest absolute Gasteiger partial charge is 0.280 e. The summed E-state index contributed by atoms with van der Waals surface area (Å²) in [6.45, 7) is 0. The molecule has 1 aliphatic heterocycles. The molecule has 1 aromatic heterocycles. The zero-order chi connectivity index (χ0) is 27.5. The Hall–Kier alpha value is -4.69. The summed E-state index contributed by atoms with van der Waals surface area (Å²) in [7, 11) is 0. The van der Waals surface area contributed by atoms with E-state index in [-0.39, 0.29) is 22.0 Å². The van der Waals surface area contributed by atoms with Crippen LogP contribution < -0.4 is 5.43 Å². The second-order valence-corrected chi connectivity index (χ2v) is 10.2. The van der Waals surface area contributed by atoms with Crippen molar-refractivity contribution in [2.75, 3.05) is 5.75 Å². The van der Waals surface area contributed by atoms with Crippen LogP contribution in [0.15, 0.2) is 87.3 Å². The van der Waals surface area contributed by atoms with Crippen LogP contribution in [0.5, 0.6) is 0 Å². The third kappa shape index (κ3) is 5.76. The first kappa shape index (κ1) is 25.9. The second kappa shape index (κ2) is 11.0. The van der Waals surface area contributed by atoms with Crippen LogP contribution in [0.4, 0.5) is 11.4 Å². The van der Waals surface area contributed by atoms with Crippen molar-refractivity contribution in [3.63, 3.8) is 0 Å². The van der Waals surface area contributed by atoms with E-state index in [9.17, 15) is 29.8 Å². The van der Waals surface area contributed by atoms with Crippen LogP contribution in [0.1, 0.15) is 16.5 Å². The Morgan fingerprint density at radius 2 is 1.67 bits per heavy atom. The molecule has 1 aliphatic rings. The van der Waals surface area contributed by atoms with Crippen LogP contribution in [-0.2, 0) is 9.59 Å². The normalized spacial score (nSPS) is 16.1. The Morgan fingerprint density at radius 3 is 2.31 bits per heavy atom. The summed E-state index contributed by atoms with van der Waals surface area (Å²) >= 11 is 2.21. The van der Waals surface area contributed by atoms with Crippen LogP contribution in [-0.4, -0.2) is 37.4 Å². The van der Waals surface area contributed by atoms with Crippen LogP contribution in [0.3, 0.4) is 0 Å². The number of non-ortho nitro benzene ring substituents is 2. The molecular weight excluding hydrogens is 546 g/mol. The van der Waals surface area contributed by atoms with Gasteiger partial charge in [-0.25, -0.2) is 9.99 Å². The van der Waals surface area contributed by atoms with Gasteiger partial charge in [-0.05, 0) is 53.6 Å². The number of aromatic nitrogens is 1. The largest absolute Gasteiger partial charge is 0.431 e. The molecule has 2 amide bonds. The summed E-state index contributed by atoms with van der Waals surface area (Å²) in [4.78, 5) is 51.7. The lowest BCUT2D eigenvalue weighted by atomic mass is 10.2. The van der Waals surface area contributed by atoms with Crippen LogP contribution in [0.25, 0.3) is 17.2 Å². The van der Waals surface area contributed by atoms with Gasteiger partial charge < -0.3 is 4.42 Å². The number of hydrazine groups is 1. The number of rotatable bonds is 8. The number of para-hydroxylation sites is 2. The first-order chi connectivity index (χ1) is 18.8. The predicted molar refractivity (Wildman–Crippen MR) is 144 cm³/mol. The molecule has 1 saturated heterocycles. The fraction of sp³-hybridized carbons (Fsp3) is 0.0800. The van der Waals surface area contributed by atoms with E-state index in [1.165, 1.54) is 48.5 Å². The number of carbonyl (C=O) groups excluding carboxylic acids is 2. The molecule has 14 heteroatoms. The van der Waals surface area contributed by atoms with Crippen molar-refractivity contribution in [1.82, 2.24) is 15.4 Å². The molecule has 39 heavy (non-hydrogen) atoms. The zero-order valence-electron chi connectivity index (χ0n) is 19.8. The lowest BCUT2D eigenvalue weighted by Gasteiger charge is -2.23. The molecule has 1 N–H and O–H groups in total. The monoisotopic (exact) mass is 563 g/mol. The van der Waals surface area contributed by atoms with Gasteiger partial charge in [0, 0.05) is 24.3 Å². The van der Waals surface area contributed by atoms with Gasteiger partial charge in [-0.1, -0.05) is 35.7 Å². The van der Waals surface area contributed by atoms with Crippen molar-refractivity contribution in [2.45, 2.75) is 10.6 Å². The van der Waals surface area contributed by atoms with Crippen molar-refractivity contribution in [3.8, 4) is 0 Å². The Labute approximate surface area is 228 Å². The van der Waals surface area contributed by atoms with Gasteiger partial charge in [-0.15, -0.1) is 0 Å². The number of thioether (sulfide) groups is 2. The van der Waals surface area contributed by atoms with E-state index in [0.29, 0.717) is 27.4 Å². The van der Waals surface area contributed by atoms with Crippen LogP contribution in [0, 0.1) is 20.2 Å². The quantitative estimate of drug-likeness (QED) is 0.132. The van der Waals surface area contributed by atoms with Crippen LogP contribution in [0.2, 0.25) is 0 Å². The molecule has 0 saturated carbocycles. The minimum atomic E-state index is -0.708. The minimum absolute atomic E-state index is 0.0864. The third-order valence-electron chi connectivity index (χ3n) is 5.54. The lowest BCUT2D eigenvalue weighted by Crippen LogP contribution is -2.45.